The third-order valence-corrected chi connectivity index (χ3v) is 3.87. The van der Waals surface area contributed by atoms with E-state index in [1.165, 1.54) is 32.7 Å². The summed E-state index contributed by atoms with van der Waals surface area (Å²) >= 11 is 0. The van der Waals surface area contributed by atoms with E-state index in [4.69, 9.17) is 0 Å². The van der Waals surface area contributed by atoms with Gasteiger partial charge in [0.05, 0.1) is 0 Å². The van der Waals surface area contributed by atoms with Crippen LogP contribution in [0.2, 0.25) is 0 Å². The molecule has 0 heterocycles. The van der Waals surface area contributed by atoms with Gasteiger partial charge < -0.3 is 0 Å². The second-order valence-electron chi connectivity index (χ2n) is 5.05. The molecule has 3 aromatic carbocycles. The van der Waals surface area contributed by atoms with Crippen LogP contribution in [0.1, 0.15) is 0 Å². The van der Waals surface area contributed by atoms with Crippen molar-refractivity contribution < 1.29 is 0 Å². The van der Waals surface area contributed by atoms with Crippen LogP contribution in [0.25, 0.3) is 32.7 Å². The van der Waals surface area contributed by atoms with Crippen LogP contribution in [-0.2, 0) is 0 Å². The molecule has 20 heavy (non-hydrogen) atoms. The molecule has 0 atom stereocenters. The topological polar surface area (TPSA) is 0 Å². The maximum atomic E-state index is 2.18. The van der Waals surface area contributed by atoms with Crippen LogP contribution in [-0.4, -0.2) is 0 Å². The largest absolute Gasteiger partial charge is 0.0616 e. The lowest BCUT2D eigenvalue weighted by Gasteiger charge is -2.20. The van der Waals surface area contributed by atoms with Gasteiger partial charge in [0.25, 0.3) is 0 Å². The van der Waals surface area contributed by atoms with E-state index in [2.05, 4.69) is 84.9 Å². The first-order valence-electron chi connectivity index (χ1n) is 6.89. The third kappa shape index (κ3) is 1.70. The molecular formula is C20H14. The molecule has 0 aliphatic heterocycles. The summed E-state index contributed by atoms with van der Waals surface area (Å²) in [4.78, 5) is 0. The van der Waals surface area contributed by atoms with Crippen molar-refractivity contribution in [2.45, 2.75) is 0 Å². The molecule has 0 saturated carbocycles. The van der Waals surface area contributed by atoms with Crippen LogP contribution in [0.5, 0.6) is 0 Å². The van der Waals surface area contributed by atoms with Crippen LogP contribution in [0.4, 0.5) is 0 Å². The van der Waals surface area contributed by atoms with Crippen molar-refractivity contribution in [1.29, 1.82) is 0 Å². The summed E-state index contributed by atoms with van der Waals surface area (Å²) in [5.74, 6) is 0. The smallest absolute Gasteiger partial charge is 0.00987 e. The average molecular weight is 254 g/mol. The Labute approximate surface area is 118 Å². The van der Waals surface area contributed by atoms with Gasteiger partial charge >= 0.3 is 0 Å². The molecule has 0 aromatic heterocycles. The zero-order valence-electron chi connectivity index (χ0n) is 11.1. The summed E-state index contributed by atoms with van der Waals surface area (Å²) in [6.07, 6.45) is 0. The molecule has 0 spiro atoms. The molecule has 0 nitrogen and oxygen atoms in total. The monoisotopic (exact) mass is 254 g/mol. The standard InChI is InChI=1S/C10H6.C10H8/c1-2-4-8-7(3-1)9-5-6-10(8)9;1-2-6-10-8-4-3-7-9(10)5-1/h1-6H;1-8H. The Morgan fingerprint density at radius 1 is 0.350 bits per heavy atom. The fourth-order valence-corrected chi connectivity index (χ4v) is 2.74. The quantitative estimate of drug-likeness (QED) is 0.334. The molecule has 0 heteroatoms. The lowest BCUT2D eigenvalue weighted by atomic mass is 9.83. The Bertz CT molecular complexity index is 753. The van der Waals surface area contributed by atoms with E-state index in [0.717, 1.165) is 0 Å². The number of fused-ring (bicyclic) bond motifs is 5. The zero-order chi connectivity index (χ0) is 13.4. The zero-order valence-corrected chi connectivity index (χ0v) is 11.1. The van der Waals surface area contributed by atoms with E-state index in [0.29, 0.717) is 0 Å². The van der Waals surface area contributed by atoms with Crippen molar-refractivity contribution in [1.82, 2.24) is 0 Å². The lowest BCUT2D eigenvalue weighted by Crippen LogP contribution is -1.93. The van der Waals surface area contributed by atoms with Crippen molar-refractivity contribution in [3.63, 3.8) is 0 Å². The highest BCUT2D eigenvalue weighted by molar-refractivity contribution is 6.16. The predicted octanol–water partition coefficient (Wildman–Crippen LogP) is 5.66. The van der Waals surface area contributed by atoms with Gasteiger partial charge in [0.15, 0.2) is 0 Å². The molecule has 0 unspecified atom stereocenters. The van der Waals surface area contributed by atoms with E-state index in [9.17, 15) is 0 Å². The molecule has 0 bridgehead atoms. The fourth-order valence-electron chi connectivity index (χ4n) is 2.74. The molecule has 5 rings (SSSR count). The van der Waals surface area contributed by atoms with Crippen molar-refractivity contribution in [3.05, 3.63) is 84.9 Å². The third-order valence-electron chi connectivity index (χ3n) is 3.87. The lowest BCUT2D eigenvalue weighted by molar-refractivity contribution is 1.63. The van der Waals surface area contributed by atoms with Gasteiger partial charge in [-0.1, -0.05) is 84.9 Å². The first kappa shape index (κ1) is 11.2. The van der Waals surface area contributed by atoms with Gasteiger partial charge in [0, 0.05) is 0 Å². The van der Waals surface area contributed by atoms with Crippen molar-refractivity contribution in [2.75, 3.05) is 0 Å². The predicted molar refractivity (Wildman–Crippen MR) is 86.9 cm³/mol. The van der Waals surface area contributed by atoms with Crippen molar-refractivity contribution >= 4 is 21.5 Å². The molecular weight excluding hydrogens is 240 g/mol. The van der Waals surface area contributed by atoms with Crippen LogP contribution in [0.3, 0.4) is 0 Å². The Morgan fingerprint density at radius 2 is 0.700 bits per heavy atom. The Morgan fingerprint density at radius 3 is 1.05 bits per heavy atom. The minimum Gasteiger partial charge on any atom is -0.0616 e. The fraction of sp³-hybridized carbons (Fsp3) is 0. The SMILES string of the molecule is c1ccc2c3ccc-3c2c1.c1ccc2ccccc2c1. The maximum absolute atomic E-state index is 2.18. The van der Waals surface area contributed by atoms with Crippen molar-refractivity contribution in [2.24, 2.45) is 0 Å². The van der Waals surface area contributed by atoms with Crippen LogP contribution < -0.4 is 0 Å². The molecule has 0 fully saturated rings. The summed E-state index contributed by atoms with van der Waals surface area (Å²) in [5, 5.41) is 5.48. The number of benzene rings is 4. The number of hydrogen-bond donors (Lipinski definition) is 0. The summed E-state index contributed by atoms with van der Waals surface area (Å²) in [7, 11) is 0. The highest BCUT2D eigenvalue weighted by Gasteiger charge is 2.16. The second kappa shape index (κ2) is 4.50. The summed E-state index contributed by atoms with van der Waals surface area (Å²) in [6.45, 7) is 0. The van der Waals surface area contributed by atoms with E-state index >= 15 is 0 Å². The van der Waals surface area contributed by atoms with Gasteiger partial charge in [-0.05, 0) is 32.7 Å². The molecule has 94 valence electrons. The minimum atomic E-state index is 1.31. The highest BCUT2D eigenvalue weighted by atomic mass is 14.2. The van der Waals surface area contributed by atoms with Gasteiger partial charge in [-0.3, -0.25) is 0 Å². The van der Waals surface area contributed by atoms with Gasteiger partial charge in [-0.15, -0.1) is 0 Å². The van der Waals surface area contributed by atoms with Crippen molar-refractivity contribution in [3.8, 4) is 11.1 Å². The van der Waals surface area contributed by atoms with Crippen LogP contribution in [0, 0.1) is 0 Å². The summed E-state index contributed by atoms with van der Waals surface area (Å²) in [5.41, 5.74) is 2.91. The van der Waals surface area contributed by atoms with Gasteiger partial charge in [-0.2, -0.15) is 0 Å². The normalized spacial score (nSPS) is 11.0. The van der Waals surface area contributed by atoms with E-state index in [-0.39, 0.29) is 0 Å². The molecule has 0 amide bonds. The average Bonchev–Trinajstić information content (AvgIpc) is 2.49. The minimum absolute atomic E-state index is 1.31. The molecule has 0 saturated heterocycles. The van der Waals surface area contributed by atoms with Crippen LogP contribution >= 0.6 is 0 Å². The molecule has 0 radical (unpaired) electrons. The Hall–Kier alpha value is -2.60. The Balaban J connectivity index is 0.000000106. The first-order valence-corrected chi connectivity index (χ1v) is 6.89. The summed E-state index contributed by atoms with van der Waals surface area (Å²) < 4.78 is 0. The molecule has 0 N–H and O–H groups in total. The Kier molecular flexibility index (Phi) is 2.53. The molecule has 2 aliphatic rings. The van der Waals surface area contributed by atoms with Gasteiger partial charge in [0.1, 0.15) is 0 Å². The van der Waals surface area contributed by atoms with E-state index in [1.54, 1.807) is 0 Å². The molecule has 2 aliphatic carbocycles. The number of rotatable bonds is 0. The van der Waals surface area contributed by atoms with Crippen LogP contribution in [0.15, 0.2) is 84.9 Å². The van der Waals surface area contributed by atoms with E-state index in [1.807, 2.05) is 0 Å². The first-order chi connectivity index (χ1) is 9.93. The summed E-state index contributed by atoms with van der Waals surface area (Å²) in [6, 6.07) is 29.6. The maximum Gasteiger partial charge on any atom is -0.00987 e. The van der Waals surface area contributed by atoms with E-state index < -0.39 is 0 Å². The van der Waals surface area contributed by atoms with Gasteiger partial charge in [-0.25, -0.2) is 0 Å². The molecule has 3 aromatic rings. The highest BCUT2D eigenvalue weighted by Crippen LogP contribution is 2.44. The second-order valence-corrected chi connectivity index (χ2v) is 5.05. The number of hydrogen-bond acceptors (Lipinski definition) is 0. The van der Waals surface area contributed by atoms with Gasteiger partial charge in [0.2, 0.25) is 0 Å².